The molecular weight excluding hydrogens is 208 g/mol. The first kappa shape index (κ1) is 12.6. The van der Waals surface area contributed by atoms with Crippen LogP contribution in [0.15, 0.2) is 23.9 Å². The minimum atomic E-state index is -0.542. The number of esters is 1. The maximum Gasteiger partial charge on any atom is 0.305 e. The van der Waals surface area contributed by atoms with Crippen LogP contribution in [-0.4, -0.2) is 18.2 Å². The van der Waals surface area contributed by atoms with Crippen molar-refractivity contribution in [3.05, 3.63) is 23.9 Å². The normalized spacial score (nSPS) is 21.1. The number of ether oxygens (including phenoxy) is 3. The van der Waals surface area contributed by atoms with Gasteiger partial charge in [0.05, 0.1) is 0 Å². The van der Waals surface area contributed by atoms with Crippen molar-refractivity contribution in [3.63, 3.8) is 0 Å². The van der Waals surface area contributed by atoms with E-state index in [4.69, 9.17) is 14.2 Å². The summed E-state index contributed by atoms with van der Waals surface area (Å²) in [4.78, 5) is 11.0. The van der Waals surface area contributed by atoms with E-state index < -0.39 is 5.60 Å². The van der Waals surface area contributed by atoms with Crippen molar-refractivity contribution in [2.75, 3.05) is 6.61 Å². The number of carbonyl (C=O) groups excluding carboxylic acids is 1. The quantitative estimate of drug-likeness (QED) is 0.693. The second kappa shape index (κ2) is 4.60. The Hall–Kier alpha value is -1.45. The molecule has 0 bridgehead atoms. The van der Waals surface area contributed by atoms with Gasteiger partial charge in [-0.2, -0.15) is 0 Å². The average molecular weight is 226 g/mol. The van der Waals surface area contributed by atoms with Crippen LogP contribution in [0.4, 0.5) is 0 Å². The van der Waals surface area contributed by atoms with Crippen LogP contribution in [0, 0.1) is 0 Å². The molecule has 0 aromatic heterocycles. The summed E-state index contributed by atoms with van der Waals surface area (Å²) >= 11 is 0. The van der Waals surface area contributed by atoms with E-state index in [0.717, 1.165) is 5.57 Å². The van der Waals surface area contributed by atoms with Crippen LogP contribution in [0.25, 0.3) is 0 Å². The molecule has 0 amide bonds. The summed E-state index contributed by atoms with van der Waals surface area (Å²) in [6.07, 6.45) is 0.371. The van der Waals surface area contributed by atoms with Crippen LogP contribution in [0.2, 0.25) is 0 Å². The molecule has 4 heteroatoms. The molecule has 1 heterocycles. The molecular formula is C12H18O4. The Balaban J connectivity index is 2.72. The van der Waals surface area contributed by atoms with Crippen molar-refractivity contribution in [1.82, 2.24) is 0 Å². The monoisotopic (exact) mass is 226 g/mol. The minimum absolute atomic E-state index is 0.224. The molecule has 1 aliphatic heterocycles. The molecule has 0 N–H and O–H groups in total. The van der Waals surface area contributed by atoms with Gasteiger partial charge in [-0.25, -0.2) is 0 Å². The average Bonchev–Trinajstić information content (AvgIpc) is 2.47. The zero-order chi connectivity index (χ0) is 12.3. The standard InChI is InChI=1S/C12H18O4/c1-6-10(13)14-7-8(2)11-12(4,5)16-9(3)15-11/h3,6-7H2,1-2,4-5H3/b11-8+. The van der Waals surface area contributed by atoms with Gasteiger partial charge in [0, 0.05) is 12.0 Å². The van der Waals surface area contributed by atoms with Gasteiger partial charge in [0.15, 0.2) is 11.4 Å². The summed E-state index contributed by atoms with van der Waals surface area (Å²) < 4.78 is 15.8. The number of hydrogen-bond donors (Lipinski definition) is 0. The van der Waals surface area contributed by atoms with Crippen molar-refractivity contribution in [2.45, 2.75) is 39.7 Å². The van der Waals surface area contributed by atoms with E-state index >= 15 is 0 Å². The Morgan fingerprint density at radius 3 is 2.56 bits per heavy atom. The lowest BCUT2D eigenvalue weighted by Crippen LogP contribution is -2.22. The highest BCUT2D eigenvalue weighted by molar-refractivity contribution is 5.69. The van der Waals surface area contributed by atoms with Gasteiger partial charge >= 0.3 is 5.97 Å². The first-order valence-corrected chi connectivity index (χ1v) is 5.28. The van der Waals surface area contributed by atoms with E-state index in [1.807, 2.05) is 20.8 Å². The van der Waals surface area contributed by atoms with Gasteiger partial charge in [-0.3, -0.25) is 4.79 Å². The van der Waals surface area contributed by atoms with Crippen molar-refractivity contribution in [1.29, 1.82) is 0 Å². The van der Waals surface area contributed by atoms with Gasteiger partial charge in [0.1, 0.15) is 6.61 Å². The number of carbonyl (C=O) groups is 1. The summed E-state index contributed by atoms with van der Waals surface area (Å²) in [7, 11) is 0. The van der Waals surface area contributed by atoms with E-state index in [2.05, 4.69) is 6.58 Å². The molecule has 16 heavy (non-hydrogen) atoms. The molecule has 0 aliphatic carbocycles. The summed E-state index contributed by atoms with van der Waals surface area (Å²) in [5.74, 6) is 0.720. The molecule has 1 aliphatic rings. The highest BCUT2D eigenvalue weighted by Gasteiger charge is 2.37. The molecule has 0 saturated carbocycles. The van der Waals surface area contributed by atoms with Gasteiger partial charge < -0.3 is 14.2 Å². The Morgan fingerprint density at radius 2 is 2.12 bits per heavy atom. The summed E-state index contributed by atoms with van der Waals surface area (Å²) in [6, 6.07) is 0. The Morgan fingerprint density at radius 1 is 1.50 bits per heavy atom. The van der Waals surface area contributed by atoms with Gasteiger partial charge in [-0.1, -0.05) is 6.92 Å². The third-order valence-corrected chi connectivity index (χ3v) is 2.26. The van der Waals surface area contributed by atoms with Crippen molar-refractivity contribution >= 4 is 5.97 Å². The summed E-state index contributed by atoms with van der Waals surface area (Å²) in [6.45, 7) is 11.2. The Kier molecular flexibility index (Phi) is 3.62. The zero-order valence-electron chi connectivity index (χ0n) is 10.3. The SMILES string of the molecule is C=C1O/C(=C(\C)COC(=O)CC)C(C)(C)O1. The van der Waals surface area contributed by atoms with Crippen LogP contribution >= 0.6 is 0 Å². The van der Waals surface area contributed by atoms with Crippen LogP contribution < -0.4 is 0 Å². The smallest absolute Gasteiger partial charge is 0.305 e. The van der Waals surface area contributed by atoms with Crippen molar-refractivity contribution in [2.24, 2.45) is 0 Å². The Labute approximate surface area is 95.9 Å². The van der Waals surface area contributed by atoms with Gasteiger partial charge in [-0.15, -0.1) is 0 Å². The predicted octanol–water partition coefficient (Wildman–Crippen LogP) is 2.51. The van der Waals surface area contributed by atoms with E-state index in [-0.39, 0.29) is 18.5 Å². The van der Waals surface area contributed by atoms with Gasteiger partial charge in [-0.05, 0) is 27.4 Å². The van der Waals surface area contributed by atoms with Crippen LogP contribution in [0.1, 0.15) is 34.1 Å². The van der Waals surface area contributed by atoms with Crippen molar-refractivity contribution in [3.8, 4) is 0 Å². The molecule has 0 atom stereocenters. The lowest BCUT2D eigenvalue weighted by molar-refractivity contribution is -0.142. The molecule has 0 aromatic carbocycles. The highest BCUT2D eigenvalue weighted by Crippen LogP contribution is 2.35. The fourth-order valence-electron chi connectivity index (χ4n) is 1.55. The molecule has 0 aromatic rings. The molecule has 0 radical (unpaired) electrons. The van der Waals surface area contributed by atoms with E-state index in [1.54, 1.807) is 6.92 Å². The molecule has 90 valence electrons. The Bertz CT molecular complexity index is 339. The third-order valence-electron chi connectivity index (χ3n) is 2.26. The molecule has 0 spiro atoms. The molecule has 4 nitrogen and oxygen atoms in total. The topological polar surface area (TPSA) is 44.8 Å². The largest absolute Gasteiger partial charge is 0.461 e. The van der Waals surface area contributed by atoms with Crippen LogP contribution in [0.5, 0.6) is 0 Å². The summed E-state index contributed by atoms with van der Waals surface area (Å²) in [5, 5.41) is 0. The number of hydrogen-bond acceptors (Lipinski definition) is 4. The zero-order valence-corrected chi connectivity index (χ0v) is 10.3. The van der Waals surface area contributed by atoms with Gasteiger partial charge in [0.2, 0.25) is 0 Å². The molecule has 1 rings (SSSR count). The van der Waals surface area contributed by atoms with E-state index in [9.17, 15) is 4.79 Å². The van der Waals surface area contributed by atoms with Crippen molar-refractivity contribution < 1.29 is 19.0 Å². The summed E-state index contributed by atoms with van der Waals surface area (Å²) in [5.41, 5.74) is 0.297. The predicted molar refractivity (Wildman–Crippen MR) is 59.3 cm³/mol. The van der Waals surface area contributed by atoms with E-state index in [1.165, 1.54) is 0 Å². The second-order valence-electron chi connectivity index (χ2n) is 4.21. The fourth-order valence-corrected chi connectivity index (χ4v) is 1.55. The number of rotatable bonds is 3. The first-order chi connectivity index (χ1) is 7.36. The maximum atomic E-state index is 11.0. The molecule has 1 saturated heterocycles. The maximum absolute atomic E-state index is 11.0. The highest BCUT2D eigenvalue weighted by atomic mass is 16.7. The van der Waals surface area contributed by atoms with Gasteiger partial charge in [0.25, 0.3) is 5.95 Å². The minimum Gasteiger partial charge on any atom is -0.461 e. The van der Waals surface area contributed by atoms with E-state index in [0.29, 0.717) is 12.2 Å². The lowest BCUT2D eigenvalue weighted by atomic mass is 10.0. The fraction of sp³-hybridized carbons (Fsp3) is 0.583. The second-order valence-corrected chi connectivity index (χ2v) is 4.21. The molecule has 1 fully saturated rings. The third kappa shape index (κ3) is 2.78. The van der Waals surface area contributed by atoms with Crippen LogP contribution in [-0.2, 0) is 19.0 Å². The lowest BCUT2D eigenvalue weighted by Gasteiger charge is -2.17. The van der Waals surface area contributed by atoms with Crippen LogP contribution in [0.3, 0.4) is 0 Å². The molecule has 0 unspecified atom stereocenters. The first-order valence-electron chi connectivity index (χ1n) is 5.28.